The molecule has 0 radical (unpaired) electrons. The number of sulfonamides is 1. The summed E-state index contributed by atoms with van der Waals surface area (Å²) < 4.78 is 32.8. The first-order chi connectivity index (χ1) is 10.0. The van der Waals surface area contributed by atoms with Gasteiger partial charge in [-0.3, -0.25) is 0 Å². The van der Waals surface area contributed by atoms with Crippen LogP contribution >= 0.6 is 0 Å². The van der Waals surface area contributed by atoms with Crippen molar-refractivity contribution in [2.24, 2.45) is 5.92 Å². The van der Waals surface area contributed by atoms with E-state index in [9.17, 15) is 8.42 Å². The second-order valence-corrected chi connectivity index (χ2v) is 7.29. The summed E-state index contributed by atoms with van der Waals surface area (Å²) in [5.41, 5.74) is 2.10. The van der Waals surface area contributed by atoms with Crippen molar-refractivity contribution in [3.63, 3.8) is 0 Å². The van der Waals surface area contributed by atoms with Crippen LogP contribution in [0.15, 0.2) is 23.1 Å². The van der Waals surface area contributed by atoms with Gasteiger partial charge in [0.25, 0.3) is 0 Å². The van der Waals surface area contributed by atoms with Crippen molar-refractivity contribution in [1.82, 2.24) is 10.0 Å². The van der Waals surface area contributed by atoms with E-state index >= 15 is 0 Å². The molecule has 1 heterocycles. The molecule has 1 aliphatic heterocycles. The maximum atomic E-state index is 12.4. The van der Waals surface area contributed by atoms with Crippen LogP contribution in [0.4, 0.5) is 0 Å². The third-order valence-electron chi connectivity index (χ3n) is 3.90. The Morgan fingerprint density at radius 3 is 2.67 bits per heavy atom. The fraction of sp³-hybridized carbons (Fsp3) is 0.600. The molecule has 1 aliphatic rings. The Morgan fingerprint density at radius 2 is 2.00 bits per heavy atom. The minimum atomic E-state index is -3.44. The van der Waals surface area contributed by atoms with Crippen molar-refractivity contribution in [2.75, 3.05) is 26.8 Å². The molecule has 6 heteroatoms. The van der Waals surface area contributed by atoms with Crippen molar-refractivity contribution < 1.29 is 13.2 Å². The largest absolute Gasteiger partial charge is 0.381 e. The fourth-order valence-corrected chi connectivity index (χ4v) is 3.62. The van der Waals surface area contributed by atoms with Crippen LogP contribution in [0.1, 0.15) is 24.0 Å². The molecule has 0 unspecified atom stereocenters. The second-order valence-electron chi connectivity index (χ2n) is 5.53. The van der Waals surface area contributed by atoms with Crippen molar-refractivity contribution in [2.45, 2.75) is 31.2 Å². The van der Waals surface area contributed by atoms with Crippen LogP contribution in [0.3, 0.4) is 0 Å². The molecule has 0 aliphatic carbocycles. The van der Waals surface area contributed by atoms with Gasteiger partial charge in [0.1, 0.15) is 0 Å². The molecule has 2 N–H and O–H groups in total. The van der Waals surface area contributed by atoms with E-state index < -0.39 is 10.0 Å². The average molecular weight is 312 g/mol. The second kappa shape index (κ2) is 7.35. The molecule has 0 spiro atoms. The Hall–Kier alpha value is -0.950. The highest BCUT2D eigenvalue weighted by Gasteiger charge is 2.19. The Kier molecular flexibility index (Phi) is 5.75. The van der Waals surface area contributed by atoms with Crippen LogP contribution in [-0.2, 0) is 21.3 Å². The van der Waals surface area contributed by atoms with Gasteiger partial charge in [0.15, 0.2) is 0 Å². The van der Waals surface area contributed by atoms with Gasteiger partial charge >= 0.3 is 0 Å². The molecule has 118 valence electrons. The molecule has 1 aromatic carbocycles. The van der Waals surface area contributed by atoms with Crippen LogP contribution < -0.4 is 10.0 Å². The quantitative estimate of drug-likeness (QED) is 0.834. The summed E-state index contributed by atoms with van der Waals surface area (Å²) >= 11 is 0. The molecule has 0 aromatic heterocycles. The first-order valence-electron chi connectivity index (χ1n) is 7.34. The molecular formula is C15H24N2O3S. The maximum absolute atomic E-state index is 12.4. The average Bonchev–Trinajstić information content (AvgIpc) is 2.49. The number of ether oxygens (including phenoxy) is 1. The molecule has 1 fully saturated rings. The summed E-state index contributed by atoms with van der Waals surface area (Å²) in [4.78, 5) is 0.338. The first kappa shape index (κ1) is 16.4. The molecule has 1 aromatic rings. The Morgan fingerprint density at radius 1 is 1.29 bits per heavy atom. The van der Waals surface area contributed by atoms with Crippen molar-refractivity contribution in [3.8, 4) is 0 Å². The standard InChI is InChI=1S/C15H24N2O3S/c1-12-3-4-15(9-14(12)11-16-2)21(18,19)17-10-13-5-7-20-8-6-13/h3-4,9,13,16-17H,5-8,10-11H2,1-2H3. The van der Waals surface area contributed by atoms with E-state index in [1.165, 1.54) is 0 Å². The first-order valence-corrected chi connectivity index (χ1v) is 8.83. The van der Waals surface area contributed by atoms with Gasteiger partial charge < -0.3 is 10.1 Å². The molecular weight excluding hydrogens is 288 g/mol. The van der Waals surface area contributed by atoms with Crippen LogP contribution in [0.5, 0.6) is 0 Å². The van der Waals surface area contributed by atoms with Gasteiger partial charge in [0, 0.05) is 26.3 Å². The Bertz CT molecular complexity index is 566. The highest BCUT2D eigenvalue weighted by molar-refractivity contribution is 7.89. The number of nitrogens with one attached hydrogen (secondary N) is 2. The van der Waals surface area contributed by atoms with Gasteiger partial charge in [-0.05, 0) is 56.0 Å². The minimum absolute atomic E-state index is 0.338. The zero-order valence-electron chi connectivity index (χ0n) is 12.7. The van der Waals surface area contributed by atoms with Crippen molar-refractivity contribution in [1.29, 1.82) is 0 Å². The fourth-order valence-electron chi connectivity index (χ4n) is 2.46. The van der Waals surface area contributed by atoms with E-state index in [4.69, 9.17) is 4.74 Å². The number of hydrogen-bond donors (Lipinski definition) is 2. The molecule has 0 atom stereocenters. The van der Waals surface area contributed by atoms with E-state index in [1.807, 2.05) is 20.0 Å². The number of benzene rings is 1. The smallest absolute Gasteiger partial charge is 0.240 e. The molecule has 0 bridgehead atoms. The lowest BCUT2D eigenvalue weighted by Gasteiger charge is -2.22. The van der Waals surface area contributed by atoms with Crippen LogP contribution in [0, 0.1) is 12.8 Å². The topological polar surface area (TPSA) is 67.4 Å². The summed E-state index contributed by atoms with van der Waals surface area (Å²) in [5, 5.41) is 3.06. The lowest BCUT2D eigenvalue weighted by molar-refractivity contribution is 0.0678. The zero-order chi connectivity index (χ0) is 15.3. The van der Waals surface area contributed by atoms with Gasteiger partial charge in [-0.15, -0.1) is 0 Å². The number of aryl methyl sites for hydroxylation is 1. The van der Waals surface area contributed by atoms with E-state index in [1.54, 1.807) is 12.1 Å². The molecule has 1 saturated heterocycles. The molecule has 0 amide bonds. The normalized spacial score (nSPS) is 17.0. The van der Waals surface area contributed by atoms with Gasteiger partial charge in [-0.1, -0.05) is 6.07 Å². The van der Waals surface area contributed by atoms with Crippen molar-refractivity contribution in [3.05, 3.63) is 29.3 Å². The third-order valence-corrected chi connectivity index (χ3v) is 5.32. The summed E-state index contributed by atoms with van der Waals surface area (Å²) in [6, 6.07) is 5.27. The monoisotopic (exact) mass is 312 g/mol. The van der Waals surface area contributed by atoms with Crippen LogP contribution in [0.25, 0.3) is 0 Å². The highest BCUT2D eigenvalue weighted by atomic mass is 32.2. The van der Waals surface area contributed by atoms with Gasteiger partial charge in [0.05, 0.1) is 4.90 Å². The zero-order valence-corrected chi connectivity index (χ0v) is 13.5. The van der Waals surface area contributed by atoms with Gasteiger partial charge in [0.2, 0.25) is 10.0 Å². The van der Waals surface area contributed by atoms with E-state index in [-0.39, 0.29) is 0 Å². The number of hydrogen-bond acceptors (Lipinski definition) is 4. The summed E-state index contributed by atoms with van der Waals surface area (Å²) in [5.74, 6) is 0.371. The predicted molar refractivity (Wildman–Crippen MR) is 82.7 cm³/mol. The van der Waals surface area contributed by atoms with Gasteiger partial charge in [-0.25, -0.2) is 13.1 Å². The maximum Gasteiger partial charge on any atom is 0.240 e. The van der Waals surface area contributed by atoms with Gasteiger partial charge in [-0.2, -0.15) is 0 Å². The van der Waals surface area contributed by atoms with Crippen LogP contribution in [0.2, 0.25) is 0 Å². The van der Waals surface area contributed by atoms with E-state index in [0.717, 1.165) is 37.2 Å². The molecule has 5 nitrogen and oxygen atoms in total. The lowest BCUT2D eigenvalue weighted by atomic mass is 10.0. The SMILES string of the molecule is CNCc1cc(S(=O)(=O)NCC2CCOCC2)ccc1C. The molecule has 21 heavy (non-hydrogen) atoms. The Balaban J connectivity index is 2.06. The minimum Gasteiger partial charge on any atom is -0.381 e. The highest BCUT2D eigenvalue weighted by Crippen LogP contribution is 2.17. The summed E-state index contributed by atoms with van der Waals surface area (Å²) in [6.07, 6.45) is 1.84. The van der Waals surface area contributed by atoms with E-state index in [0.29, 0.717) is 23.9 Å². The Labute approximate surface area is 127 Å². The number of rotatable bonds is 6. The van der Waals surface area contributed by atoms with Crippen LogP contribution in [-0.4, -0.2) is 35.2 Å². The third kappa shape index (κ3) is 4.51. The van der Waals surface area contributed by atoms with Crippen molar-refractivity contribution >= 4 is 10.0 Å². The van der Waals surface area contributed by atoms with E-state index in [2.05, 4.69) is 10.0 Å². The predicted octanol–water partition coefficient (Wildman–Crippen LogP) is 1.42. The lowest BCUT2D eigenvalue weighted by Crippen LogP contribution is -2.32. The molecule has 0 saturated carbocycles. The summed E-state index contributed by atoms with van der Waals surface area (Å²) in [7, 11) is -1.58. The summed E-state index contributed by atoms with van der Waals surface area (Å²) in [6.45, 7) is 4.58. The molecule has 2 rings (SSSR count).